The summed E-state index contributed by atoms with van der Waals surface area (Å²) in [6.07, 6.45) is 0.751. The Morgan fingerprint density at radius 1 is 1.32 bits per heavy atom. The fraction of sp³-hybridized carbons (Fsp3) is 0.600. The van der Waals surface area contributed by atoms with Crippen molar-refractivity contribution in [3.05, 3.63) is 35.6 Å². The van der Waals surface area contributed by atoms with Gasteiger partial charge in [-0.3, -0.25) is 4.90 Å². The van der Waals surface area contributed by atoms with Crippen LogP contribution in [0.3, 0.4) is 0 Å². The van der Waals surface area contributed by atoms with Crippen molar-refractivity contribution in [3.63, 3.8) is 0 Å². The number of benzene rings is 1. The van der Waals surface area contributed by atoms with E-state index in [0.29, 0.717) is 6.04 Å². The first kappa shape index (κ1) is 14.4. The molecule has 1 unspecified atom stereocenters. The lowest BCUT2D eigenvalue weighted by Gasteiger charge is -2.32. The molecule has 0 spiro atoms. The van der Waals surface area contributed by atoms with Crippen LogP contribution in [0.15, 0.2) is 24.3 Å². The number of hydrogen-bond acceptors (Lipinski definition) is 3. The van der Waals surface area contributed by atoms with E-state index in [0.717, 1.165) is 51.3 Å². The minimum absolute atomic E-state index is 0.0977. The van der Waals surface area contributed by atoms with Gasteiger partial charge in [0.15, 0.2) is 0 Å². The van der Waals surface area contributed by atoms with Crippen molar-refractivity contribution in [2.45, 2.75) is 19.4 Å². The summed E-state index contributed by atoms with van der Waals surface area (Å²) in [6.45, 7) is 8.46. The van der Waals surface area contributed by atoms with Crippen LogP contribution in [0.25, 0.3) is 0 Å². The molecule has 1 aliphatic heterocycles. The Labute approximate surface area is 115 Å². The number of hydrogen-bond donors (Lipinski definition) is 2. The van der Waals surface area contributed by atoms with E-state index in [-0.39, 0.29) is 5.82 Å². The van der Waals surface area contributed by atoms with Crippen LogP contribution in [-0.2, 0) is 6.42 Å². The van der Waals surface area contributed by atoms with Crippen LogP contribution in [-0.4, -0.2) is 50.2 Å². The highest BCUT2D eigenvalue weighted by Crippen LogP contribution is 2.06. The Hall–Kier alpha value is -0.970. The topological polar surface area (TPSA) is 27.3 Å². The third-order valence-electron chi connectivity index (χ3n) is 3.74. The molecule has 19 heavy (non-hydrogen) atoms. The highest BCUT2D eigenvalue weighted by molar-refractivity contribution is 5.17. The fourth-order valence-corrected chi connectivity index (χ4v) is 2.49. The van der Waals surface area contributed by atoms with Gasteiger partial charge in [0.1, 0.15) is 5.82 Å². The summed E-state index contributed by atoms with van der Waals surface area (Å²) in [5.41, 5.74) is 0.796. The van der Waals surface area contributed by atoms with E-state index in [1.165, 1.54) is 6.07 Å². The molecule has 1 aromatic carbocycles. The molecule has 0 amide bonds. The highest BCUT2D eigenvalue weighted by Gasteiger charge is 2.15. The minimum atomic E-state index is -0.0977. The smallest absolute Gasteiger partial charge is 0.126 e. The lowest BCUT2D eigenvalue weighted by Crippen LogP contribution is -2.50. The molecule has 2 N–H and O–H groups in total. The fourth-order valence-electron chi connectivity index (χ4n) is 2.49. The Bertz CT molecular complexity index is 377. The maximum atomic E-state index is 13.4. The van der Waals surface area contributed by atoms with Gasteiger partial charge in [-0.2, -0.15) is 0 Å². The molecule has 0 radical (unpaired) electrons. The molecule has 1 saturated heterocycles. The third kappa shape index (κ3) is 4.56. The second-order valence-electron chi connectivity index (χ2n) is 5.18. The molecule has 1 atom stereocenters. The van der Waals surface area contributed by atoms with Gasteiger partial charge in [-0.15, -0.1) is 0 Å². The van der Waals surface area contributed by atoms with Crippen LogP contribution >= 0.6 is 0 Å². The molecule has 3 nitrogen and oxygen atoms in total. The lowest BCUT2D eigenvalue weighted by molar-refractivity contribution is 0.181. The second-order valence-corrected chi connectivity index (χ2v) is 5.18. The van der Waals surface area contributed by atoms with Crippen LogP contribution in [0.5, 0.6) is 0 Å². The lowest BCUT2D eigenvalue weighted by atomic mass is 10.1. The van der Waals surface area contributed by atoms with E-state index >= 15 is 0 Å². The number of rotatable bonds is 6. The van der Waals surface area contributed by atoms with Crippen molar-refractivity contribution in [2.24, 2.45) is 0 Å². The molecule has 1 aliphatic rings. The minimum Gasteiger partial charge on any atom is -0.315 e. The molecule has 4 heteroatoms. The molecular weight excluding hydrogens is 241 g/mol. The number of halogens is 1. The summed E-state index contributed by atoms with van der Waals surface area (Å²) < 4.78 is 13.4. The van der Waals surface area contributed by atoms with Crippen molar-refractivity contribution in [3.8, 4) is 0 Å². The van der Waals surface area contributed by atoms with E-state index in [1.54, 1.807) is 6.07 Å². The number of nitrogens with one attached hydrogen (secondary N) is 2. The zero-order valence-electron chi connectivity index (χ0n) is 11.7. The average Bonchev–Trinajstić information content (AvgIpc) is 2.46. The monoisotopic (exact) mass is 265 g/mol. The Kier molecular flexibility index (Phi) is 5.76. The largest absolute Gasteiger partial charge is 0.315 e. The van der Waals surface area contributed by atoms with E-state index in [4.69, 9.17) is 0 Å². The van der Waals surface area contributed by atoms with Gasteiger partial charge in [0.2, 0.25) is 0 Å². The summed E-state index contributed by atoms with van der Waals surface area (Å²) in [6, 6.07) is 7.55. The quantitative estimate of drug-likeness (QED) is 0.758. The Morgan fingerprint density at radius 3 is 2.79 bits per heavy atom. The normalized spacial score (nSPS) is 18.4. The first-order valence-corrected chi connectivity index (χ1v) is 7.16. The molecule has 106 valence electrons. The molecular formula is C15H24FN3. The summed E-state index contributed by atoms with van der Waals surface area (Å²) in [5, 5.41) is 6.79. The molecule has 2 rings (SSSR count). The number of piperazine rings is 1. The summed E-state index contributed by atoms with van der Waals surface area (Å²) in [7, 11) is 0. The zero-order chi connectivity index (χ0) is 13.5. The summed E-state index contributed by atoms with van der Waals surface area (Å²) >= 11 is 0. The first-order valence-electron chi connectivity index (χ1n) is 7.16. The van der Waals surface area contributed by atoms with Gasteiger partial charge >= 0.3 is 0 Å². The van der Waals surface area contributed by atoms with Crippen LogP contribution in [0.4, 0.5) is 4.39 Å². The van der Waals surface area contributed by atoms with Crippen LogP contribution in [0.2, 0.25) is 0 Å². The highest BCUT2D eigenvalue weighted by atomic mass is 19.1. The molecule has 0 saturated carbocycles. The molecule has 1 heterocycles. The Morgan fingerprint density at radius 2 is 2.05 bits per heavy atom. The van der Waals surface area contributed by atoms with E-state index in [2.05, 4.69) is 22.5 Å². The zero-order valence-corrected chi connectivity index (χ0v) is 11.7. The van der Waals surface area contributed by atoms with Crippen LogP contribution in [0, 0.1) is 5.82 Å². The first-order chi connectivity index (χ1) is 9.27. The van der Waals surface area contributed by atoms with Gasteiger partial charge in [-0.05, 0) is 31.5 Å². The van der Waals surface area contributed by atoms with Gasteiger partial charge in [0, 0.05) is 38.8 Å². The van der Waals surface area contributed by atoms with Gasteiger partial charge in [0.05, 0.1) is 0 Å². The standard InChI is InChI=1S/C15H24FN3/c1-13(19-10-8-17-9-11-19)12-18-7-6-14-4-2-3-5-15(14)16/h2-5,13,17-18H,6-12H2,1H3. The molecule has 0 aromatic heterocycles. The summed E-state index contributed by atoms with van der Waals surface area (Å²) in [5.74, 6) is -0.0977. The second kappa shape index (κ2) is 7.58. The predicted molar refractivity (Wildman–Crippen MR) is 76.9 cm³/mol. The van der Waals surface area contributed by atoms with Gasteiger partial charge in [0.25, 0.3) is 0 Å². The third-order valence-corrected chi connectivity index (χ3v) is 3.74. The van der Waals surface area contributed by atoms with Gasteiger partial charge < -0.3 is 10.6 Å². The van der Waals surface area contributed by atoms with E-state index < -0.39 is 0 Å². The molecule has 1 aromatic rings. The van der Waals surface area contributed by atoms with E-state index in [9.17, 15) is 4.39 Å². The van der Waals surface area contributed by atoms with E-state index in [1.807, 2.05) is 12.1 Å². The number of nitrogens with zero attached hydrogens (tertiary/aromatic N) is 1. The summed E-state index contributed by atoms with van der Waals surface area (Å²) in [4.78, 5) is 2.49. The SMILES string of the molecule is CC(CNCCc1ccccc1F)N1CCNCC1. The van der Waals surface area contributed by atoms with Crippen molar-refractivity contribution < 1.29 is 4.39 Å². The molecule has 1 fully saturated rings. The molecule has 0 bridgehead atoms. The predicted octanol–water partition coefficient (Wildman–Crippen LogP) is 1.25. The maximum absolute atomic E-state index is 13.4. The average molecular weight is 265 g/mol. The van der Waals surface area contributed by atoms with Crippen LogP contribution in [0.1, 0.15) is 12.5 Å². The molecule has 0 aliphatic carbocycles. The van der Waals surface area contributed by atoms with Crippen molar-refractivity contribution in [2.75, 3.05) is 39.3 Å². The van der Waals surface area contributed by atoms with Crippen molar-refractivity contribution in [1.29, 1.82) is 0 Å². The maximum Gasteiger partial charge on any atom is 0.126 e. The van der Waals surface area contributed by atoms with Gasteiger partial charge in [-0.25, -0.2) is 4.39 Å². The van der Waals surface area contributed by atoms with Crippen LogP contribution < -0.4 is 10.6 Å². The van der Waals surface area contributed by atoms with Gasteiger partial charge in [-0.1, -0.05) is 18.2 Å². The van der Waals surface area contributed by atoms with Crippen molar-refractivity contribution in [1.82, 2.24) is 15.5 Å². The Balaban J connectivity index is 1.65. The van der Waals surface area contributed by atoms with Crippen molar-refractivity contribution >= 4 is 0 Å².